The lowest BCUT2D eigenvalue weighted by Gasteiger charge is -2.17. The average molecular weight is 457 g/mol. The Morgan fingerprint density at radius 2 is 2.26 bits per heavy atom. The number of aromatic nitrogens is 2. The molecule has 1 atom stereocenters. The third-order valence-electron chi connectivity index (χ3n) is 5.25. The predicted molar refractivity (Wildman–Crippen MR) is 119 cm³/mol. The number of anilines is 1. The van der Waals surface area contributed by atoms with Crippen molar-refractivity contribution in [3.05, 3.63) is 43.6 Å². The van der Waals surface area contributed by atoms with Gasteiger partial charge in [0.2, 0.25) is 5.91 Å². The first-order chi connectivity index (χ1) is 14.9. The molecule has 4 rings (SSSR count). The van der Waals surface area contributed by atoms with Gasteiger partial charge in [0, 0.05) is 10.3 Å². The first kappa shape index (κ1) is 21.2. The minimum atomic E-state index is -0.591. The summed E-state index contributed by atoms with van der Waals surface area (Å²) in [6.45, 7) is 3.78. The Kier molecular flexibility index (Phi) is 5.89. The summed E-state index contributed by atoms with van der Waals surface area (Å²) in [5.41, 5.74) is 1.22. The van der Waals surface area contributed by atoms with Gasteiger partial charge in [0.15, 0.2) is 0 Å². The van der Waals surface area contributed by atoms with Gasteiger partial charge in [-0.15, -0.1) is 22.7 Å². The van der Waals surface area contributed by atoms with Crippen molar-refractivity contribution in [3.63, 3.8) is 0 Å². The van der Waals surface area contributed by atoms with Crippen molar-refractivity contribution in [3.8, 4) is 6.07 Å². The molecule has 0 aliphatic heterocycles. The Hall–Kier alpha value is -3.03. The van der Waals surface area contributed by atoms with E-state index in [0.717, 1.165) is 34.3 Å². The van der Waals surface area contributed by atoms with Crippen molar-refractivity contribution >= 4 is 49.8 Å². The van der Waals surface area contributed by atoms with Gasteiger partial charge in [0.05, 0.1) is 29.4 Å². The molecule has 0 saturated heterocycles. The van der Waals surface area contributed by atoms with Crippen LogP contribution < -0.4 is 10.9 Å². The highest BCUT2D eigenvalue weighted by Gasteiger charge is 2.25. The number of carbonyl (C=O) groups excluding carboxylic acids is 2. The minimum Gasteiger partial charge on any atom is -0.462 e. The van der Waals surface area contributed by atoms with E-state index in [-0.39, 0.29) is 24.1 Å². The van der Waals surface area contributed by atoms with Gasteiger partial charge in [-0.1, -0.05) is 6.92 Å². The van der Waals surface area contributed by atoms with Crippen LogP contribution in [0.4, 0.5) is 5.00 Å². The molecule has 0 aromatic carbocycles. The fourth-order valence-electron chi connectivity index (χ4n) is 3.72. The van der Waals surface area contributed by atoms with E-state index in [9.17, 15) is 19.6 Å². The normalized spacial score (nSPS) is 15.3. The number of hydrogen-bond acceptors (Lipinski definition) is 8. The maximum absolute atomic E-state index is 12.9. The monoisotopic (exact) mass is 456 g/mol. The molecule has 160 valence electrons. The predicted octanol–water partition coefficient (Wildman–Crippen LogP) is 3.33. The molecule has 8 nitrogen and oxygen atoms in total. The third-order valence-corrected chi connectivity index (χ3v) is 7.30. The molecule has 10 heteroatoms. The molecule has 3 aromatic rings. The smallest absolute Gasteiger partial charge is 0.339 e. The van der Waals surface area contributed by atoms with Crippen LogP contribution in [-0.4, -0.2) is 28.0 Å². The maximum atomic E-state index is 12.9. The van der Waals surface area contributed by atoms with Gasteiger partial charge >= 0.3 is 5.97 Å². The van der Waals surface area contributed by atoms with E-state index in [0.29, 0.717) is 21.3 Å². The Labute approximate surface area is 186 Å². The second-order valence-electron chi connectivity index (χ2n) is 7.44. The number of esters is 1. The molecule has 1 N–H and O–H groups in total. The molecular weight excluding hydrogens is 436 g/mol. The lowest BCUT2D eigenvalue weighted by molar-refractivity contribution is -0.116. The molecule has 0 fully saturated rings. The highest BCUT2D eigenvalue weighted by Crippen LogP contribution is 2.39. The van der Waals surface area contributed by atoms with Crippen molar-refractivity contribution in [2.24, 2.45) is 5.92 Å². The van der Waals surface area contributed by atoms with Crippen LogP contribution >= 0.6 is 22.7 Å². The standard InChI is InChI=1S/C21H20N4O4S2/c1-3-29-21(28)14-9-30-19-17(14)20(27)25(10-23-19)8-16(26)24-18-13(7-22)12-5-4-11(2)6-15(12)31-18/h9-11H,3-6,8H2,1-2H3,(H,24,26). The summed E-state index contributed by atoms with van der Waals surface area (Å²) in [6, 6.07) is 2.22. The minimum absolute atomic E-state index is 0.150. The Morgan fingerprint density at radius 1 is 1.45 bits per heavy atom. The molecular formula is C21H20N4O4S2. The molecule has 1 aliphatic carbocycles. The molecule has 3 aromatic heterocycles. The van der Waals surface area contributed by atoms with Crippen molar-refractivity contribution in [1.29, 1.82) is 5.26 Å². The van der Waals surface area contributed by atoms with Crippen LogP contribution in [0.25, 0.3) is 10.2 Å². The van der Waals surface area contributed by atoms with Gasteiger partial charge < -0.3 is 10.1 Å². The van der Waals surface area contributed by atoms with E-state index in [4.69, 9.17) is 4.74 Å². The topological polar surface area (TPSA) is 114 Å². The van der Waals surface area contributed by atoms with Crippen LogP contribution in [0.1, 0.15) is 46.6 Å². The molecule has 3 heterocycles. The first-order valence-corrected chi connectivity index (χ1v) is 11.6. The van der Waals surface area contributed by atoms with E-state index >= 15 is 0 Å². The van der Waals surface area contributed by atoms with Gasteiger partial charge in [0.25, 0.3) is 5.56 Å². The quantitative estimate of drug-likeness (QED) is 0.589. The average Bonchev–Trinajstić information content (AvgIpc) is 3.31. The van der Waals surface area contributed by atoms with Gasteiger partial charge in [-0.05, 0) is 37.7 Å². The highest BCUT2D eigenvalue weighted by atomic mass is 32.1. The Balaban J connectivity index is 1.59. The van der Waals surface area contributed by atoms with E-state index in [1.54, 1.807) is 6.92 Å². The van der Waals surface area contributed by atoms with Gasteiger partial charge in [-0.2, -0.15) is 5.26 Å². The lowest BCUT2D eigenvalue weighted by atomic mass is 9.89. The largest absolute Gasteiger partial charge is 0.462 e. The zero-order valence-electron chi connectivity index (χ0n) is 17.1. The fraction of sp³-hybridized carbons (Fsp3) is 0.381. The molecule has 0 radical (unpaired) electrons. The van der Waals surface area contributed by atoms with Crippen LogP contribution in [0.15, 0.2) is 16.5 Å². The SMILES string of the molecule is CCOC(=O)c1csc2ncn(CC(=O)Nc3sc4c(c3C#N)CCC(C)C4)c(=O)c12. The first-order valence-electron chi connectivity index (χ1n) is 9.91. The van der Waals surface area contributed by atoms with E-state index < -0.39 is 17.4 Å². The number of fused-ring (bicyclic) bond motifs is 2. The van der Waals surface area contributed by atoms with Crippen molar-refractivity contribution < 1.29 is 14.3 Å². The molecule has 1 amide bonds. The summed E-state index contributed by atoms with van der Waals surface area (Å²) in [7, 11) is 0. The molecule has 0 bridgehead atoms. The van der Waals surface area contributed by atoms with Crippen LogP contribution in [0, 0.1) is 17.2 Å². The lowest BCUT2D eigenvalue weighted by Crippen LogP contribution is -2.28. The van der Waals surface area contributed by atoms with Crippen molar-refractivity contribution in [1.82, 2.24) is 9.55 Å². The summed E-state index contributed by atoms with van der Waals surface area (Å²) in [5.74, 6) is -0.469. The van der Waals surface area contributed by atoms with E-state index in [1.165, 1.54) is 34.4 Å². The number of nitriles is 1. The zero-order valence-corrected chi connectivity index (χ0v) is 18.7. The Bertz CT molecular complexity index is 1280. The number of carbonyl (C=O) groups is 2. The number of rotatable bonds is 5. The number of ether oxygens (including phenoxy) is 1. The maximum Gasteiger partial charge on any atom is 0.339 e. The molecule has 31 heavy (non-hydrogen) atoms. The van der Waals surface area contributed by atoms with Crippen LogP contribution in [0.3, 0.4) is 0 Å². The molecule has 0 spiro atoms. The number of thiophene rings is 2. The number of amides is 1. The molecule has 0 saturated carbocycles. The second kappa shape index (κ2) is 8.61. The van der Waals surface area contributed by atoms with Gasteiger partial charge in [-0.3, -0.25) is 14.2 Å². The number of hydrogen-bond donors (Lipinski definition) is 1. The summed E-state index contributed by atoms with van der Waals surface area (Å²) >= 11 is 2.60. The molecule has 1 unspecified atom stereocenters. The molecule has 1 aliphatic rings. The summed E-state index contributed by atoms with van der Waals surface area (Å²) in [5, 5.41) is 14.6. The summed E-state index contributed by atoms with van der Waals surface area (Å²) in [6.07, 6.45) is 4.05. The number of nitrogens with zero attached hydrogens (tertiary/aromatic N) is 3. The van der Waals surface area contributed by atoms with E-state index in [1.807, 2.05) is 0 Å². The van der Waals surface area contributed by atoms with Crippen LogP contribution in [0.5, 0.6) is 0 Å². The Morgan fingerprint density at radius 3 is 3.00 bits per heavy atom. The van der Waals surface area contributed by atoms with Crippen LogP contribution in [-0.2, 0) is 28.9 Å². The number of nitrogens with one attached hydrogen (secondary N) is 1. The van der Waals surface area contributed by atoms with Crippen LogP contribution in [0.2, 0.25) is 0 Å². The third kappa shape index (κ3) is 3.98. The van der Waals surface area contributed by atoms with Gasteiger partial charge in [0.1, 0.15) is 22.4 Å². The summed E-state index contributed by atoms with van der Waals surface area (Å²) < 4.78 is 6.17. The van der Waals surface area contributed by atoms with Crippen molar-refractivity contribution in [2.75, 3.05) is 11.9 Å². The highest BCUT2D eigenvalue weighted by molar-refractivity contribution is 7.17. The van der Waals surface area contributed by atoms with Crippen molar-refractivity contribution in [2.45, 2.75) is 39.7 Å². The fourth-order valence-corrected chi connectivity index (χ4v) is 5.96. The zero-order chi connectivity index (χ0) is 22.1. The van der Waals surface area contributed by atoms with Gasteiger partial charge in [-0.25, -0.2) is 9.78 Å². The van der Waals surface area contributed by atoms with E-state index in [2.05, 4.69) is 23.3 Å². The second-order valence-corrected chi connectivity index (χ2v) is 9.41. The summed E-state index contributed by atoms with van der Waals surface area (Å²) in [4.78, 5) is 43.5.